The maximum atomic E-state index is 11.5. The van der Waals surface area contributed by atoms with Crippen molar-refractivity contribution in [2.75, 3.05) is 19.8 Å². The molecular weight excluding hydrogens is 545 g/mol. The number of nitrogens with one attached hydrogen (secondary N) is 1. The van der Waals surface area contributed by atoms with Gasteiger partial charge in [0.15, 0.2) is 14.1 Å². The molecule has 0 bridgehead atoms. The average molecular weight is 585 g/mol. The molecule has 1 saturated heterocycles. The Balaban J connectivity index is 2.15. The van der Waals surface area contributed by atoms with Gasteiger partial charge in [-0.3, -0.25) is 5.41 Å². The van der Waals surface area contributed by atoms with E-state index in [4.69, 9.17) is 63.6 Å². The maximum Gasteiger partial charge on any atom is 0.265 e. The molecule has 0 aliphatic carbocycles. The van der Waals surface area contributed by atoms with Crippen LogP contribution in [0.1, 0.15) is 40.2 Å². The van der Waals surface area contributed by atoms with Crippen molar-refractivity contribution in [1.82, 2.24) is 0 Å². The van der Waals surface area contributed by atoms with Crippen molar-refractivity contribution >= 4 is 49.0 Å². The van der Waals surface area contributed by atoms with Crippen LogP contribution in [0, 0.1) is 11.3 Å². The molecule has 2 N–H and O–H groups in total. The molecular formula is C25H40Cl3NO6Si. The number of aliphatic hydroxyl groups excluding tert-OH is 1. The number of ether oxygens (including phenoxy) is 4. The van der Waals surface area contributed by atoms with E-state index in [0.717, 1.165) is 5.56 Å². The van der Waals surface area contributed by atoms with Gasteiger partial charge in [0.1, 0.15) is 12.2 Å². The van der Waals surface area contributed by atoms with Crippen molar-refractivity contribution in [3.8, 4) is 0 Å². The number of halogens is 3. The third-order valence-electron chi connectivity index (χ3n) is 6.60. The first-order chi connectivity index (χ1) is 16.4. The first-order valence-corrected chi connectivity index (χ1v) is 16.0. The van der Waals surface area contributed by atoms with Gasteiger partial charge < -0.3 is 28.5 Å². The quantitative estimate of drug-likeness (QED) is 0.142. The van der Waals surface area contributed by atoms with Gasteiger partial charge in [-0.15, -0.1) is 0 Å². The van der Waals surface area contributed by atoms with Gasteiger partial charge in [0.05, 0.1) is 25.9 Å². The first kappa shape index (κ1) is 31.8. The average Bonchev–Trinajstić information content (AvgIpc) is 3.06. The minimum absolute atomic E-state index is 0.0313. The minimum atomic E-state index is -2.15. The van der Waals surface area contributed by atoms with Crippen molar-refractivity contribution in [2.45, 2.75) is 87.2 Å². The Morgan fingerprint density at radius 1 is 1.11 bits per heavy atom. The topological polar surface area (TPSA) is 90.2 Å². The third-order valence-corrected chi connectivity index (χ3v) is 11.6. The van der Waals surface area contributed by atoms with Gasteiger partial charge in [-0.25, -0.2) is 0 Å². The lowest BCUT2D eigenvalue weighted by atomic mass is 9.96. The van der Waals surface area contributed by atoms with Crippen LogP contribution in [0.3, 0.4) is 0 Å². The van der Waals surface area contributed by atoms with E-state index >= 15 is 0 Å². The third kappa shape index (κ3) is 9.40. The molecule has 0 amide bonds. The van der Waals surface area contributed by atoms with E-state index in [9.17, 15) is 5.11 Å². The highest BCUT2D eigenvalue weighted by molar-refractivity contribution is 6.76. The number of benzene rings is 1. The SMILES string of the molecule is CC1(C)O[C@@H]([C@H](O)[C@H](COC(=N)C(Cl)(Cl)Cl)CO[Si](C)(C)C(C)(C)C)[C@H](COCc2ccccc2)O1. The molecule has 0 aromatic heterocycles. The summed E-state index contributed by atoms with van der Waals surface area (Å²) in [5.74, 6) is -2.02. The zero-order chi connectivity index (χ0) is 27.4. The lowest BCUT2D eigenvalue weighted by Gasteiger charge is -2.38. The lowest BCUT2D eigenvalue weighted by Crippen LogP contribution is -2.48. The normalized spacial score (nSPS) is 22.3. The lowest BCUT2D eigenvalue weighted by molar-refractivity contribution is -0.162. The molecule has 2 rings (SSSR count). The summed E-state index contributed by atoms with van der Waals surface area (Å²) in [5.41, 5.74) is 1.03. The molecule has 1 aliphatic heterocycles. The Morgan fingerprint density at radius 2 is 1.72 bits per heavy atom. The van der Waals surface area contributed by atoms with Crippen LogP contribution in [0.2, 0.25) is 18.1 Å². The Kier molecular flexibility index (Phi) is 11.1. The molecule has 11 heteroatoms. The van der Waals surface area contributed by atoms with Gasteiger partial charge in [0.25, 0.3) is 3.79 Å². The fourth-order valence-corrected chi connectivity index (χ4v) is 4.69. The van der Waals surface area contributed by atoms with Gasteiger partial charge in [0.2, 0.25) is 5.90 Å². The monoisotopic (exact) mass is 583 g/mol. The van der Waals surface area contributed by atoms with E-state index in [1.54, 1.807) is 13.8 Å². The number of hydrogen-bond donors (Lipinski definition) is 2. The highest BCUT2D eigenvalue weighted by atomic mass is 35.6. The van der Waals surface area contributed by atoms with E-state index in [2.05, 4.69) is 33.9 Å². The Hall–Kier alpha value is -0.423. The molecule has 0 saturated carbocycles. The summed E-state index contributed by atoms with van der Waals surface area (Å²) in [6.45, 7) is 15.0. The fourth-order valence-electron chi connectivity index (χ4n) is 3.47. The van der Waals surface area contributed by atoms with Gasteiger partial charge in [0, 0.05) is 12.5 Å². The molecule has 1 fully saturated rings. The summed E-state index contributed by atoms with van der Waals surface area (Å²) in [6.07, 6.45) is -2.29. The van der Waals surface area contributed by atoms with Crippen molar-refractivity contribution in [3.05, 3.63) is 35.9 Å². The molecule has 7 nitrogen and oxygen atoms in total. The van der Waals surface area contributed by atoms with Crippen LogP contribution < -0.4 is 0 Å². The molecule has 0 unspecified atom stereocenters. The van der Waals surface area contributed by atoms with E-state index in [1.165, 1.54) is 0 Å². The summed E-state index contributed by atoms with van der Waals surface area (Å²) in [5, 5.41) is 19.3. The van der Waals surface area contributed by atoms with Crippen molar-refractivity contribution in [3.63, 3.8) is 0 Å². The van der Waals surface area contributed by atoms with Crippen LogP contribution in [0.25, 0.3) is 0 Å². The molecule has 1 aromatic rings. The fraction of sp³-hybridized carbons (Fsp3) is 0.720. The summed E-state index contributed by atoms with van der Waals surface area (Å²) < 4.78 is 27.9. The second kappa shape index (κ2) is 12.6. The molecule has 1 heterocycles. The molecule has 206 valence electrons. The van der Waals surface area contributed by atoms with Crippen molar-refractivity contribution < 1.29 is 28.5 Å². The Bertz CT molecular complexity index is 844. The van der Waals surface area contributed by atoms with Gasteiger partial charge in [-0.2, -0.15) is 0 Å². The molecule has 0 spiro atoms. The Morgan fingerprint density at radius 3 is 2.28 bits per heavy atom. The summed E-state index contributed by atoms with van der Waals surface area (Å²) in [6, 6.07) is 9.81. The van der Waals surface area contributed by atoms with Gasteiger partial charge >= 0.3 is 0 Å². The molecule has 4 atom stereocenters. The number of aliphatic hydroxyl groups is 1. The van der Waals surface area contributed by atoms with Crippen LogP contribution in [0.4, 0.5) is 0 Å². The van der Waals surface area contributed by atoms with Crippen molar-refractivity contribution in [2.24, 2.45) is 5.92 Å². The van der Waals surface area contributed by atoms with Crippen LogP contribution in [0.5, 0.6) is 0 Å². The highest BCUT2D eigenvalue weighted by Crippen LogP contribution is 2.38. The number of hydrogen-bond acceptors (Lipinski definition) is 7. The van der Waals surface area contributed by atoms with Crippen LogP contribution in [0.15, 0.2) is 30.3 Å². The van der Waals surface area contributed by atoms with E-state index in [0.29, 0.717) is 6.61 Å². The minimum Gasteiger partial charge on any atom is -0.478 e. The molecule has 1 aromatic carbocycles. The van der Waals surface area contributed by atoms with Gasteiger partial charge in [-0.1, -0.05) is 85.9 Å². The second-order valence-electron chi connectivity index (χ2n) is 11.1. The second-order valence-corrected chi connectivity index (χ2v) is 18.2. The van der Waals surface area contributed by atoms with Crippen LogP contribution in [-0.4, -0.2) is 67.0 Å². The largest absolute Gasteiger partial charge is 0.478 e. The molecule has 36 heavy (non-hydrogen) atoms. The first-order valence-electron chi connectivity index (χ1n) is 12.0. The molecule has 0 radical (unpaired) electrons. The van der Waals surface area contributed by atoms with Crippen LogP contribution in [-0.2, 0) is 30.0 Å². The summed E-state index contributed by atoms with van der Waals surface area (Å²) in [7, 11) is -2.15. The van der Waals surface area contributed by atoms with Gasteiger partial charge in [-0.05, 0) is 37.5 Å². The number of rotatable bonds is 11. The summed E-state index contributed by atoms with van der Waals surface area (Å²) >= 11 is 17.4. The number of alkyl halides is 3. The summed E-state index contributed by atoms with van der Waals surface area (Å²) in [4.78, 5) is 0. The van der Waals surface area contributed by atoms with Crippen molar-refractivity contribution in [1.29, 1.82) is 5.41 Å². The highest BCUT2D eigenvalue weighted by Gasteiger charge is 2.48. The maximum absolute atomic E-state index is 11.5. The zero-order valence-electron chi connectivity index (χ0n) is 22.1. The smallest absolute Gasteiger partial charge is 0.265 e. The predicted molar refractivity (Wildman–Crippen MR) is 147 cm³/mol. The Labute approximate surface area is 231 Å². The van der Waals surface area contributed by atoms with Crippen LogP contribution >= 0.6 is 34.8 Å². The van der Waals surface area contributed by atoms with E-state index < -0.39 is 48.0 Å². The van der Waals surface area contributed by atoms with E-state index in [-0.39, 0.29) is 24.9 Å². The predicted octanol–water partition coefficient (Wildman–Crippen LogP) is 6.09. The molecule has 1 aliphatic rings. The zero-order valence-corrected chi connectivity index (χ0v) is 25.4. The van der Waals surface area contributed by atoms with E-state index in [1.807, 2.05) is 30.3 Å². The standard InChI is InChI=1S/C25H40Cl3NO6Si/c1-23(2,3)36(6,7)33-15-18(14-32-22(29)25(26,27)28)20(30)21-19(34-24(4,5)35-21)16-31-13-17-11-9-8-10-12-17/h8-12,18-21,29-30H,13-16H2,1-7H3/t18-,19+,20-,21-/m1/s1.